The van der Waals surface area contributed by atoms with Crippen molar-refractivity contribution in [3.63, 3.8) is 0 Å². The van der Waals surface area contributed by atoms with E-state index >= 15 is 0 Å². The lowest BCUT2D eigenvalue weighted by Gasteiger charge is -2.16. The minimum atomic E-state index is -0.553. The first kappa shape index (κ1) is 16.5. The fraction of sp³-hybridized carbons (Fsp3) is 0.500. The van der Waals surface area contributed by atoms with E-state index < -0.39 is 6.10 Å². The highest BCUT2D eigenvalue weighted by atomic mass is 16.5. The molecule has 120 valence electrons. The molecule has 1 fully saturated rings. The molecule has 0 aromatic heterocycles. The van der Waals surface area contributed by atoms with Crippen molar-refractivity contribution >= 4 is 17.5 Å². The summed E-state index contributed by atoms with van der Waals surface area (Å²) in [7, 11) is 1.57. The number of amides is 2. The summed E-state index contributed by atoms with van der Waals surface area (Å²) in [5, 5.41) is 5.31. The van der Waals surface area contributed by atoms with E-state index in [-0.39, 0.29) is 17.9 Å². The third kappa shape index (κ3) is 4.54. The van der Waals surface area contributed by atoms with Crippen LogP contribution in [-0.4, -0.2) is 44.3 Å². The number of hydrogen-bond acceptors (Lipinski definition) is 4. The highest BCUT2D eigenvalue weighted by Gasteiger charge is 2.20. The summed E-state index contributed by atoms with van der Waals surface area (Å²) < 4.78 is 11.0. The number of hydrogen-bond donors (Lipinski definition) is 2. The molecule has 2 unspecified atom stereocenters. The molecule has 1 saturated heterocycles. The SMILES string of the molecule is CNC(=O)c1ccc(NC(=O)C(C)OCC2CCCO2)cc1. The van der Waals surface area contributed by atoms with Gasteiger partial charge in [0.1, 0.15) is 6.10 Å². The second kappa shape index (κ2) is 7.91. The lowest BCUT2D eigenvalue weighted by atomic mass is 10.2. The summed E-state index contributed by atoms with van der Waals surface area (Å²) in [6.07, 6.45) is 1.58. The van der Waals surface area contributed by atoms with E-state index in [2.05, 4.69) is 10.6 Å². The smallest absolute Gasteiger partial charge is 0.253 e. The zero-order valence-corrected chi connectivity index (χ0v) is 12.9. The molecule has 0 bridgehead atoms. The molecule has 0 radical (unpaired) electrons. The van der Waals surface area contributed by atoms with Gasteiger partial charge in [-0.2, -0.15) is 0 Å². The van der Waals surface area contributed by atoms with E-state index in [1.807, 2.05) is 0 Å². The van der Waals surface area contributed by atoms with Crippen LogP contribution >= 0.6 is 0 Å². The van der Waals surface area contributed by atoms with Gasteiger partial charge in [-0.3, -0.25) is 9.59 Å². The average molecular weight is 306 g/mol. The van der Waals surface area contributed by atoms with Crippen molar-refractivity contribution < 1.29 is 19.1 Å². The third-order valence-electron chi connectivity index (χ3n) is 3.57. The number of carbonyl (C=O) groups is 2. The summed E-state index contributed by atoms with van der Waals surface area (Å²) in [5.41, 5.74) is 1.17. The molecule has 1 aliphatic heterocycles. The Morgan fingerprint density at radius 2 is 2.09 bits per heavy atom. The zero-order chi connectivity index (χ0) is 15.9. The van der Waals surface area contributed by atoms with Crippen LogP contribution in [0, 0.1) is 0 Å². The van der Waals surface area contributed by atoms with E-state index in [9.17, 15) is 9.59 Å². The van der Waals surface area contributed by atoms with Crippen molar-refractivity contribution in [3.05, 3.63) is 29.8 Å². The number of anilines is 1. The number of nitrogens with one attached hydrogen (secondary N) is 2. The standard InChI is InChI=1S/C16H22N2O4/c1-11(22-10-14-4-3-9-21-14)15(19)18-13-7-5-12(6-8-13)16(20)17-2/h5-8,11,14H,3-4,9-10H2,1-2H3,(H,17,20)(H,18,19). The monoisotopic (exact) mass is 306 g/mol. The Morgan fingerprint density at radius 1 is 1.36 bits per heavy atom. The summed E-state index contributed by atoms with van der Waals surface area (Å²) in [4.78, 5) is 23.5. The van der Waals surface area contributed by atoms with Gasteiger partial charge in [0.15, 0.2) is 0 Å². The van der Waals surface area contributed by atoms with E-state index in [0.717, 1.165) is 19.4 Å². The van der Waals surface area contributed by atoms with Gasteiger partial charge in [-0.05, 0) is 44.0 Å². The van der Waals surface area contributed by atoms with E-state index in [1.165, 1.54) is 0 Å². The molecular weight excluding hydrogens is 284 g/mol. The number of benzene rings is 1. The molecular formula is C16H22N2O4. The first-order valence-electron chi connectivity index (χ1n) is 7.46. The predicted molar refractivity (Wildman–Crippen MR) is 82.8 cm³/mol. The van der Waals surface area contributed by atoms with Crippen LogP contribution in [0.1, 0.15) is 30.1 Å². The fourth-order valence-corrected chi connectivity index (χ4v) is 2.20. The Labute approximate surface area is 130 Å². The van der Waals surface area contributed by atoms with Crippen LogP contribution in [0.4, 0.5) is 5.69 Å². The quantitative estimate of drug-likeness (QED) is 0.836. The molecule has 0 spiro atoms. The van der Waals surface area contributed by atoms with Gasteiger partial charge in [-0.15, -0.1) is 0 Å². The van der Waals surface area contributed by atoms with Crippen LogP contribution in [-0.2, 0) is 14.3 Å². The molecule has 1 aliphatic rings. The molecule has 2 atom stereocenters. The van der Waals surface area contributed by atoms with E-state index in [4.69, 9.17) is 9.47 Å². The van der Waals surface area contributed by atoms with Crippen molar-refractivity contribution in [1.29, 1.82) is 0 Å². The zero-order valence-electron chi connectivity index (χ0n) is 12.9. The maximum atomic E-state index is 12.0. The Kier molecular flexibility index (Phi) is 5.91. The first-order chi connectivity index (χ1) is 10.6. The van der Waals surface area contributed by atoms with Gasteiger partial charge in [-0.1, -0.05) is 0 Å². The molecule has 2 amide bonds. The molecule has 0 saturated carbocycles. The Balaban J connectivity index is 1.81. The van der Waals surface area contributed by atoms with Gasteiger partial charge >= 0.3 is 0 Å². The maximum absolute atomic E-state index is 12.0. The average Bonchev–Trinajstić information content (AvgIpc) is 3.06. The predicted octanol–water partition coefficient (Wildman–Crippen LogP) is 1.57. The molecule has 0 aliphatic carbocycles. The molecule has 1 aromatic rings. The lowest BCUT2D eigenvalue weighted by molar-refractivity contribution is -0.128. The molecule has 1 aromatic carbocycles. The molecule has 2 rings (SSSR count). The Hall–Kier alpha value is -1.92. The summed E-state index contributed by atoms with van der Waals surface area (Å²) in [5.74, 6) is -0.378. The minimum absolute atomic E-state index is 0.0992. The van der Waals surface area contributed by atoms with Gasteiger partial charge in [0.25, 0.3) is 11.8 Å². The molecule has 2 N–H and O–H groups in total. The maximum Gasteiger partial charge on any atom is 0.253 e. The van der Waals surface area contributed by atoms with Crippen LogP contribution in [0.2, 0.25) is 0 Å². The van der Waals surface area contributed by atoms with Gasteiger partial charge in [0.2, 0.25) is 0 Å². The summed E-state index contributed by atoms with van der Waals surface area (Å²) in [6.45, 7) is 2.92. The minimum Gasteiger partial charge on any atom is -0.376 e. The Morgan fingerprint density at radius 3 is 2.68 bits per heavy atom. The highest BCUT2D eigenvalue weighted by molar-refractivity contribution is 5.96. The van der Waals surface area contributed by atoms with Gasteiger partial charge < -0.3 is 20.1 Å². The van der Waals surface area contributed by atoms with Crippen LogP contribution in [0.5, 0.6) is 0 Å². The van der Waals surface area contributed by atoms with Crippen LogP contribution in [0.15, 0.2) is 24.3 Å². The third-order valence-corrected chi connectivity index (χ3v) is 3.57. The van der Waals surface area contributed by atoms with Crippen molar-refractivity contribution in [2.75, 3.05) is 25.6 Å². The van der Waals surface area contributed by atoms with Crippen molar-refractivity contribution in [1.82, 2.24) is 5.32 Å². The number of rotatable bonds is 6. The molecule has 1 heterocycles. The van der Waals surface area contributed by atoms with Gasteiger partial charge in [0, 0.05) is 24.9 Å². The first-order valence-corrected chi connectivity index (χ1v) is 7.46. The Bertz CT molecular complexity index is 509. The second-order valence-electron chi connectivity index (χ2n) is 5.26. The summed E-state index contributed by atoms with van der Waals surface area (Å²) >= 11 is 0. The van der Waals surface area contributed by atoms with Crippen molar-refractivity contribution in [2.24, 2.45) is 0 Å². The topological polar surface area (TPSA) is 76.7 Å². The van der Waals surface area contributed by atoms with Gasteiger partial charge in [0.05, 0.1) is 12.7 Å². The summed E-state index contributed by atoms with van der Waals surface area (Å²) in [6, 6.07) is 6.70. The van der Waals surface area contributed by atoms with Gasteiger partial charge in [-0.25, -0.2) is 0 Å². The van der Waals surface area contributed by atoms with Crippen LogP contribution in [0.3, 0.4) is 0 Å². The fourth-order valence-electron chi connectivity index (χ4n) is 2.20. The lowest BCUT2D eigenvalue weighted by Crippen LogP contribution is -2.30. The highest BCUT2D eigenvalue weighted by Crippen LogP contribution is 2.14. The number of ether oxygens (including phenoxy) is 2. The van der Waals surface area contributed by atoms with Crippen LogP contribution in [0.25, 0.3) is 0 Å². The van der Waals surface area contributed by atoms with E-state index in [1.54, 1.807) is 38.2 Å². The molecule has 6 heteroatoms. The second-order valence-corrected chi connectivity index (χ2v) is 5.26. The van der Waals surface area contributed by atoms with Crippen molar-refractivity contribution in [2.45, 2.75) is 32.0 Å². The largest absolute Gasteiger partial charge is 0.376 e. The molecule has 22 heavy (non-hydrogen) atoms. The van der Waals surface area contributed by atoms with Crippen molar-refractivity contribution in [3.8, 4) is 0 Å². The van der Waals surface area contributed by atoms with Crippen LogP contribution < -0.4 is 10.6 Å². The van der Waals surface area contributed by atoms with E-state index in [0.29, 0.717) is 17.9 Å². The number of carbonyl (C=O) groups excluding carboxylic acids is 2. The normalized spacial score (nSPS) is 18.7. The molecule has 6 nitrogen and oxygen atoms in total.